The van der Waals surface area contributed by atoms with Gasteiger partial charge in [0.15, 0.2) is 0 Å². The van der Waals surface area contributed by atoms with Gasteiger partial charge in [0, 0.05) is 18.8 Å². The Hall–Kier alpha value is -2.05. The van der Waals surface area contributed by atoms with Crippen LogP contribution in [0.1, 0.15) is 23.8 Å². The van der Waals surface area contributed by atoms with Gasteiger partial charge in [0.25, 0.3) is 5.91 Å². The van der Waals surface area contributed by atoms with E-state index in [1.54, 1.807) is 6.92 Å². The minimum absolute atomic E-state index is 0.160. The highest BCUT2D eigenvalue weighted by Gasteiger charge is 2.38. The van der Waals surface area contributed by atoms with E-state index < -0.39 is 17.6 Å². The number of aromatic nitrogens is 2. The van der Waals surface area contributed by atoms with Crippen LogP contribution in [0.25, 0.3) is 0 Å². The van der Waals surface area contributed by atoms with Gasteiger partial charge in [0.05, 0.1) is 5.92 Å². The number of likely N-dealkylation sites (tertiary alicyclic amines) is 1. The summed E-state index contributed by atoms with van der Waals surface area (Å²) in [4.78, 5) is 40.0. The largest absolute Gasteiger partial charge is 0.481 e. The molecule has 2 rings (SSSR count). The number of hydrogen-bond donors (Lipinski definition) is 3. The molecule has 1 fully saturated rings. The molecule has 2 unspecified atom stereocenters. The molecule has 0 spiro atoms. The summed E-state index contributed by atoms with van der Waals surface area (Å²) in [5.41, 5.74) is -0.289. The van der Waals surface area contributed by atoms with E-state index in [2.05, 4.69) is 9.97 Å². The van der Waals surface area contributed by atoms with Crippen molar-refractivity contribution >= 4 is 11.9 Å². The molecule has 1 aliphatic heterocycles. The van der Waals surface area contributed by atoms with E-state index in [9.17, 15) is 14.4 Å². The first-order valence-electron chi connectivity index (χ1n) is 5.32. The summed E-state index contributed by atoms with van der Waals surface area (Å²) in [6.45, 7) is 2.10. The number of imidazole rings is 1. The van der Waals surface area contributed by atoms with Crippen molar-refractivity contribution in [2.24, 2.45) is 5.92 Å². The van der Waals surface area contributed by atoms with Gasteiger partial charge in [-0.3, -0.25) is 9.59 Å². The van der Waals surface area contributed by atoms with Crippen molar-refractivity contribution in [3.8, 4) is 0 Å². The van der Waals surface area contributed by atoms with E-state index in [-0.39, 0.29) is 17.6 Å². The van der Waals surface area contributed by atoms with Crippen molar-refractivity contribution in [2.75, 3.05) is 6.54 Å². The van der Waals surface area contributed by atoms with Gasteiger partial charge in [-0.25, -0.2) is 4.79 Å². The molecule has 0 bridgehead atoms. The lowest BCUT2D eigenvalue weighted by Crippen LogP contribution is -2.38. The van der Waals surface area contributed by atoms with Crippen molar-refractivity contribution in [1.82, 2.24) is 14.9 Å². The number of aliphatic carboxylic acids is 1. The van der Waals surface area contributed by atoms with Crippen LogP contribution in [-0.2, 0) is 4.79 Å². The summed E-state index contributed by atoms with van der Waals surface area (Å²) < 4.78 is 0. The maximum absolute atomic E-state index is 12.0. The zero-order chi connectivity index (χ0) is 12.6. The Morgan fingerprint density at radius 3 is 2.71 bits per heavy atom. The van der Waals surface area contributed by atoms with Crippen LogP contribution in [0.4, 0.5) is 0 Å². The van der Waals surface area contributed by atoms with E-state index >= 15 is 0 Å². The molecule has 1 saturated heterocycles. The van der Waals surface area contributed by atoms with Crippen LogP contribution in [0.5, 0.6) is 0 Å². The quantitative estimate of drug-likeness (QED) is 0.655. The lowest BCUT2D eigenvalue weighted by atomic mass is 10.0. The van der Waals surface area contributed by atoms with Crippen molar-refractivity contribution in [3.63, 3.8) is 0 Å². The first kappa shape index (κ1) is 11.4. The van der Waals surface area contributed by atoms with Crippen molar-refractivity contribution in [1.29, 1.82) is 0 Å². The van der Waals surface area contributed by atoms with Gasteiger partial charge in [-0.15, -0.1) is 0 Å². The monoisotopic (exact) mass is 239 g/mol. The number of aromatic amines is 2. The molecule has 7 nitrogen and oxygen atoms in total. The summed E-state index contributed by atoms with van der Waals surface area (Å²) in [6, 6.07) is -0.363. The Balaban J connectivity index is 2.17. The van der Waals surface area contributed by atoms with Crippen LogP contribution in [-0.4, -0.2) is 44.4 Å². The van der Waals surface area contributed by atoms with Gasteiger partial charge in [-0.05, 0) is 13.3 Å². The van der Waals surface area contributed by atoms with E-state index in [4.69, 9.17) is 5.11 Å². The average Bonchev–Trinajstić information content (AvgIpc) is 2.83. The molecule has 17 heavy (non-hydrogen) atoms. The maximum Gasteiger partial charge on any atom is 0.323 e. The zero-order valence-electron chi connectivity index (χ0n) is 9.27. The standard InChI is InChI=1S/C10H13N3O4/c1-5-6(9(15)16)2-3-13(5)8(14)7-4-11-10(17)12-7/h4-6H,2-3H2,1H3,(H,15,16)(H2,11,12,17). The Bertz CT molecular complexity index is 504. The number of hydrogen-bond acceptors (Lipinski definition) is 3. The molecule has 1 amide bonds. The lowest BCUT2D eigenvalue weighted by molar-refractivity contribution is -0.142. The van der Waals surface area contributed by atoms with Crippen LogP contribution in [0, 0.1) is 5.92 Å². The number of nitrogens with one attached hydrogen (secondary N) is 2. The number of rotatable bonds is 2. The molecule has 0 saturated carbocycles. The third kappa shape index (κ3) is 1.95. The number of amides is 1. The highest BCUT2D eigenvalue weighted by atomic mass is 16.4. The van der Waals surface area contributed by atoms with Gasteiger partial charge < -0.3 is 20.0 Å². The summed E-state index contributed by atoms with van der Waals surface area (Å²) >= 11 is 0. The molecular weight excluding hydrogens is 226 g/mol. The predicted octanol–water partition coefficient (Wildman–Crippen LogP) is -0.362. The molecule has 2 atom stereocenters. The van der Waals surface area contributed by atoms with Gasteiger partial charge in [0.1, 0.15) is 5.69 Å². The molecule has 3 N–H and O–H groups in total. The fraction of sp³-hybridized carbons (Fsp3) is 0.500. The first-order chi connectivity index (χ1) is 8.00. The fourth-order valence-corrected chi connectivity index (χ4v) is 2.16. The number of carboxylic acid groups (broad SMARTS) is 1. The predicted molar refractivity (Wildman–Crippen MR) is 57.7 cm³/mol. The molecule has 2 heterocycles. The van der Waals surface area contributed by atoms with Crippen LogP contribution in [0.2, 0.25) is 0 Å². The second-order valence-electron chi connectivity index (χ2n) is 4.13. The molecule has 92 valence electrons. The summed E-state index contributed by atoms with van der Waals surface area (Å²) in [6.07, 6.45) is 1.74. The molecular formula is C10H13N3O4. The van der Waals surface area contributed by atoms with E-state index in [0.29, 0.717) is 13.0 Å². The summed E-state index contributed by atoms with van der Waals surface area (Å²) in [7, 11) is 0. The molecule has 1 aromatic rings. The van der Waals surface area contributed by atoms with Gasteiger partial charge in [0.2, 0.25) is 0 Å². The normalized spacial score (nSPS) is 23.9. The summed E-state index contributed by atoms with van der Waals surface area (Å²) in [5, 5.41) is 8.96. The SMILES string of the molecule is CC1C(C(=O)O)CCN1C(=O)c1c[nH]c(=O)[nH]1. The fourth-order valence-electron chi connectivity index (χ4n) is 2.16. The minimum atomic E-state index is -0.893. The Morgan fingerprint density at radius 2 is 2.24 bits per heavy atom. The van der Waals surface area contributed by atoms with Crippen LogP contribution >= 0.6 is 0 Å². The van der Waals surface area contributed by atoms with E-state index in [0.717, 1.165) is 0 Å². The summed E-state index contributed by atoms with van der Waals surface area (Å²) in [5.74, 6) is -1.78. The minimum Gasteiger partial charge on any atom is -0.481 e. The zero-order valence-corrected chi connectivity index (χ0v) is 9.27. The number of H-pyrrole nitrogens is 2. The first-order valence-corrected chi connectivity index (χ1v) is 5.32. The van der Waals surface area contributed by atoms with Crippen molar-refractivity contribution in [2.45, 2.75) is 19.4 Å². The van der Waals surface area contributed by atoms with Crippen LogP contribution in [0.15, 0.2) is 11.0 Å². The Morgan fingerprint density at radius 1 is 1.53 bits per heavy atom. The van der Waals surface area contributed by atoms with Gasteiger partial charge >= 0.3 is 11.7 Å². The van der Waals surface area contributed by atoms with Crippen molar-refractivity contribution < 1.29 is 14.7 Å². The Kier molecular flexibility index (Phi) is 2.74. The molecule has 7 heteroatoms. The Labute approximate surface area is 96.4 Å². The number of nitrogens with zero attached hydrogens (tertiary/aromatic N) is 1. The second-order valence-corrected chi connectivity index (χ2v) is 4.13. The van der Waals surface area contributed by atoms with Crippen molar-refractivity contribution in [3.05, 3.63) is 22.4 Å². The molecule has 0 aromatic carbocycles. The van der Waals surface area contributed by atoms with Crippen LogP contribution < -0.4 is 5.69 Å². The van der Waals surface area contributed by atoms with E-state index in [1.807, 2.05) is 0 Å². The third-order valence-corrected chi connectivity index (χ3v) is 3.16. The smallest absolute Gasteiger partial charge is 0.323 e. The molecule has 1 aliphatic rings. The highest BCUT2D eigenvalue weighted by molar-refractivity contribution is 5.93. The second kappa shape index (κ2) is 4.08. The van der Waals surface area contributed by atoms with Crippen LogP contribution in [0.3, 0.4) is 0 Å². The molecule has 0 radical (unpaired) electrons. The van der Waals surface area contributed by atoms with E-state index in [1.165, 1.54) is 11.1 Å². The number of carbonyl (C=O) groups excluding carboxylic acids is 1. The highest BCUT2D eigenvalue weighted by Crippen LogP contribution is 2.25. The number of carbonyl (C=O) groups is 2. The molecule has 0 aliphatic carbocycles. The third-order valence-electron chi connectivity index (χ3n) is 3.16. The molecule has 1 aromatic heterocycles. The number of carboxylic acids is 1. The maximum atomic E-state index is 12.0. The average molecular weight is 239 g/mol. The van der Waals surface area contributed by atoms with Gasteiger partial charge in [-0.1, -0.05) is 0 Å². The lowest BCUT2D eigenvalue weighted by Gasteiger charge is -2.22. The van der Waals surface area contributed by atoms with Gasteiger partial charge in [-0.2, -0.15) is 0 Å². The topological polar surface area (TPSA) is 106 Å².